The largest absolute Gasteiger partial charge is 0.498 e. The molecule has 3 N–H and O–H groups in total. The van der Waals surface area contributed by atoms with Gasteiger partial charge in [0.15, 0.2) is 0 Å². The molecule has 0 spiro atoms. The summed E-state index contributed by atoms with van der Waals surface area (Å²) in [7, 11) is 0. The summed E-state index contributed by atoms with van der Waals surface area (Å²) in [6.45, 7) is 5.01. The summed E-state index contributed by atoms with van der Waals surface area (Å²) in [5.41, 5.74) is 6.90. The molecule has 0 unspecified atom stereocenters. The molecule has 0 amide bonds. The van der Waals surface area contributed by atoms with Crippen molar-refractivity contribution in [3.8, 4) is 0 Å². The van der Waals surface area contributed by atoms with Gasteiger partial charge in [-0.15, -0.1) is 0 Å². The third-order valence-corrected chi connectivity index (χ3v) is 3.86. The molecular formula is C17H31NO2. The van der Waals surface area contributed by atoms with Crippen molar-refractivity contribution in [3.63, 3.8) is 0 Å². The third kappa shape index (κ3) is 7.11. The zero-order valence-electron chi connectivity index (χ0n) is 13.2. The summed E-state index contributed by atoms with van der Waals surface area (Å²) in [5, 5.41) is 9.15. The molecular weight excluding hydrogens is 250 g/mol. The number of hydrogen-bond donors (Lipinski definition) is 2. The second-order valence-electron chi connectivity index (χ2n) is 6.18. The van der Waals surface area contributed by atoms with Crippen molar-refractivity contribution in [2.45, 2.75) is 70.8 Å². The van der Waals surface area contributed by atoms with Crippen LogP contribution in [0.15, 0.2) is 23.5 Å². The Balaban J connectivity index is 2.24. The number of nitrogens with two attached hydrogens (primary N) is 1. The molecule has 0 heterocycles. The lowest BCUT2D eigenvalue weighted by Crippen LogP contribution is -2.40. The summed E-state index contributed by atoms with van der Waals surface area (Å²) in [4.78, 5) is 0. The smallest absolute Gasteiger partial charge is 0.0962 e. The van der Waals surface area contributed by atoms with Gasteiger partial charge in [-0.2, -0.15) is 0 Å². The number of rotatable bonds is 10. The Hall–Kier alpha value is -0.800. The van der Waals surface area contributed by atoms with Gasteiger partial charge in [-0.05, 0) is 38.7 Å². The minimum Gasteiger partial charge on any atom is -0.498 e. The molecule has 0 aromatic heterocycles. The minimum absolute atomic E-state index is 0.0439. The summed E-state index contributed by atoms with van der Waals surface area (Å²) >= 11 is 0. The van der Waals surface area contributed by atoms with Gasteiger partial charge in [0.05, 0.1) is 19.0 Å². The molecule has 0 saturated carbocycles. The van der Waals surface area contributed by atoms with Crippen LogP contribution in [0.25, 0.3) is 0 Å². The van der Waals surface area contributed by atoms with Gasteiger partial charge in [0.1, 0.15) is 0 Å². The number of ether oxygens (including phenoxy) is 1. The molecule has 116 valence electrons. The van der Waals surface area contributed by atoms with E-state index in [1.165, 1.54) is 24.8 Å². The zero-order chi connectivity index (χ0) is 14.8. The van der Waals surface area contributed by atoms with E-state index in [9.17, 15) is 0 Å². The third-order valence-electron chi connectivity index (χ3n) is 3.86. The average Bonchev–Trinajstić information content (AvgIpc) is 2.46. The van der Waals surface area contributed by atoms with Crippen LogP contribution in [-0.2, 0) is 4.74 Å². The predicted octanol–water partition coefficient (Wildman–Crippen LogP) is 3.68. The van der Waals surface area contributed by atoms with Gasteiger partial charge in [0.2, 0.25) is 0 Å². The van der Waals surface area contributed by atoms with E-state index >= 15 is 0 Å². The lowest BCUT2D eigenvalue weighted by molar-refractivity contribution is 0.192. The number of aliphatic hydroxyl groups is 1. The molecule has 1 rings (SSSR count). The van der Waals surface area contributed by atoms with Crippen LogP contribution in [0.2, 0.25) is 0 Å². The van der Waals surface area contributed by atoms with Gasteiger partial charge in [-0.25, -0.2) is 0 Å². The highest BCUT2D eigenvalue weighted by Crippen LogP contribution is 2.24. The molecule has 3 heteroatoms. The van der Waals surface area contributed by atoms with Crippen LogP contribution in [-0.4, -0.2) is 23.9 Å². The van der Waals surface area contributed by atoms with Crippen LogP contribution in [0.3, 0.4) is 0 Å². The molecule has 0 fully saturated rings. The predicted molar refractivity (Wildman–Crippen MR) is 84.4 cm³/mol. The Morgan fingerprint density at radius 1 is 1.25 bits per heavy atom. The second kappa shape index (κ2) is 9.19. The van der Waals surface area contributed by atoms with Crippen molar-refractivity contribution in [1.29, 1.82) is 0 Å². The van der Waals surface area contributed by atoms with E-state index in [1.54, 1.807) is 0 Å². The first-order valence-corrected chi connectivity index (χ1v) is 7.98. The highest BCUT2D eigenvalue weighted by molar-refractivity contribution is 5.21. The molecule has 3 nitrogen and oxygen atoms in total. The highest BCUT2D eigenvalue weighted by Gasteiger charge is 2.18. The Bertz CT molecular complexity index is 332. The van der Waals surface area contributed by atoms with Crippen molar-refractivity contribution in [1.82, 2.24) is 0 Å². The summed E-state index contributed by atoms with van der Waals surface area (Å²) in [6, 6.07) is 0. The van der Waals surface area contributed by atoms with Crippen molar-refractivity contribution in [3.05, 3.63) is 23.5 Å². The highest BCUT2D eigenvalue weighted by atomic mass is 16.5. The standard InChI is InChI=1S/C17H31NO2/c1-3-4-5-6-13-20-16-9-7-15(8-10-16)11-12-17(2,18)14-19/h7,9,19H,3-6,8,10-14,18H2,1-2H3/t17-/m1/s1. The van der Waals surface area contributed by atoms with E-state index in [0.717, 1.165) is 44.5 Å². The molecule has 20 heavy (non-hydrogen) atoms. The lowest BCUT2D eigenvalue weighted by atomic mass is 9.91. The number of hydrogen-bond acceptors (Lipinski definition) is 3. The summed E-state index contributed by atoms with van der Waals surface area (Å²) < 4.78 is 5.80. The second-order valence-corrected chi connectivity index (χ2v) is 6.18. The summed E-state index contributed by atoms with van der Waals surface area (Å²) in [6.07, 6.45) is 13.1. The SMILES string of the molecule is CCCCCCOC1=CC=C(CC[C@@](C)(N)CO)CC1. The zero-order valence-corrected chi connectivity index (χ0v) is 13.2. The van der Waals surface area contributed by atoms with Crippen LogP contribution < -0.4 is 5.73 Å². The van der Waals surface area contributed by atoms with Gasteiger partial charge >= 0.3 is 0 Å². The molecule has 0 aromatic rings. The average molecular weight is 281 g/mol. The number of allylic oxidation sites excluding steroid dienone is 4. The molecule has 1 aliphatic rings. The Morgan fingerprint density at radius 3 is 2.65 bits per heavy atom. The van der Waals surface area contributed by atoms with Crippen LogP contribution in [0.4, 0.5) is 0 Å². The maximum Gasteiger partial charge on any atom is 0.0962 e. The van der Waals surface area contributed by atoms with Crippen LogP contribution in [0.5, 0.6) is 0 Å². The van der Waals surface area contributed by atoms with Gasteiger partial charge in [-0.1, -0.05) is 37.8 Å². The van der Waals surface area contributed by atoms with Crippen molar-refractivity contribution in [2.75, 3.05) is 13.2 Å². The van der Waals surface area contributed by atoms with Crippen molar-refractivity contribution in [2.24, 2.45) is 5.73 Å². The van der Waals surface area contributed by atoms with Crippen LogP contribution >= 0.6 is 0 Å². The van der Waals surface area contributed by atoms with Crippen molar-refractivity contribution >= 4 is 0 Å². The summed E-state index contributed by atoms with van der Waals surface area (Å²) in [5.74, 6) is 1.11. The van der Waals surface area contributed by atoms with Crippen LogP contribution in [0, 0.1) is 0 Å². The molecule has 1 aliphatic carbocycles. The molecule has 0 radical (unpaired) electrons. The van der Waals surface area contributed by atoms with E-state index in [4.69, 9.17) is 15.6 Å². The fourth-order valence-corrected chi connectivity index (χ4v) is 2.25. The Morgan fingerprint density at radius 2 is 2.05 bits per heavy atom. The first-order valence-electron chi connectivity index (χ1n) is 7.98. The van der Waals surface area contributed by atoms with Crippen LogP contribution in [0.1, 0.15) is 65.2 Å². The van der Waals surface area contributed by atoms with E-state index < -0.39 is 5.54 Å². The van der Waals surface area contributed by atoms with E-state index in [0.29, 0.717) is 0 Å². The van der Waals surface area contributed by atoms with Crippen molar-refractivity contribution < 1.29 is 9.84 Å². The lowest BCUT2D eigenvalue weighted by Gasteiger charge is -2.23. The van der Waals surface area contributed by atoms with E-state index in [1.807, 2.05) is 6.92 Å². The topological polar surface area (TPSA) is 55.5 Å². The molecule has 0 aromatic carbocycles. The Kier molecular flexibility index (Phi) is 7.93. The maximum absolute atomic E-state index is 9.15. The van der Waals surface area contributed by atoms with Gasteiger partial charge in [0, 0.05) is 12.0 Å². The fourth-order valence-electron chi connectivity index (χ4n) is 2.25. The first-order chi connectivity index (χ1) is 9.57. The van der Waals surface area contributed by atoms with Gasteiger partial charge in [0.25, 0.3) is 0 Å². The van der Waals surface area contributed by atoms with E-state index in [-0.39, 0.29) is 6.61 Å². The van der Waals surface area contributed by atoms with Gasteiger partial charge in [-0.3, -0.25) is 0 Å². The molecule has 0 aliphatic heterocycles. The van der Waals surface area contributed by atoms with Gasteiger partial charge < -0.3 is 15.6 Å². The quantitative estimate of drug-likeness (QED) is 0.601. The number of aliphatic hydroxyl groups excluding tert-OH is 1. The Labute approximate surface area is 123 Å². The first kappa shape index (κ1) is 17.3. The fraction of sp³-hybridized carbons (Fsp3) is 0.765. The number of unbranched alkanes of at least 4 members (excludes halogenated alkanes) is 3. The minimum atomic E-state index is -0.458. The molecule has 1 atom stereocenters. The van der Waals surface area contributed by atoms with E-state index in [2.05, 4.69) is 19.1 Å². The maximum atomic E-state index is 9.15. The normalized spacial score (nSPS) is 18.2. The molecule has 0 saturated heterocycles. The molecule has 0 bridgehead atoms. The monoisotopic (exact) mass is 281 g/mol.